The fourth-order valence-corrected chi connectivity index (χ4v) is 4.98. The highest BCUT2D eigenvalue weighted by Gasteiger charge is 2.18. The first kappa shape index (κ1) is 20.7. The predicted octanol–water partition coefficient (Wildman–Crippen LogP) is 8.22. The molecule has 3 aromatic carbocycles. The standard InChI is InChI=1S/C26H20BrN3OS/c1-2-22-23(17-8-10-18(27)11-9-17)24-25(28-16-29-26(24)32-22)30-19-12-14-21(15-13-19)31-20-6-4-3-5-7-20/h3-16H,2H2,1H3,(H,28,29,30). The highest BCUT2D eigenvalue weighted by molar-refractivity contribution is 9.10. The largest absolute Gasteiger partial charge is 0.457 e. The topological polar surface area (TPSA) is 47.0 Å². The number of anilines is 2. The molecule has 6 heteroatoms. The van der Waals surface area contributed by atoms with E-state index in [1.165, 1.54) is 16.0 Å². The highest BCUT2D eigenvalue weighted by Crippen LogP contribution is 2.42. The Hall–Kier alpha value is -3.22. The van der Waals surface area contributed by atoms with Crippen molar-refractivity contribution < 1.29 is 4.74 Å². The average Bonchev–Trinajstić information content (AvgIpc) is 3.21. The summed E-state index contributed by atoms with van der Waals surface area (Å²) in [4.78, 5) is 11.4. The second kappa shape index (κ2) is 9.10. The van der Waals surface area contributed by atoms with Crippen molar-refractivity contribution in [2.24, 2.45) is 0 Å². The van der Waals surface area contributed by atoms with Crippen molar-refractivity contribution in [3.8, 4) is 22.6 Å². The second-order valence-corrected chi connectivity index (χ2v) is 9.23. The molecule has 0 spiro atoms. The number of aromatic nitrogens is 2. The zero-order chi connectivity index (χ0) is 21.9. The molecule has 0 unspecified atom stereocenters. The van der Waals surface area contributed by atoms with E-state index >= 15 is 0 Å². The summed E-state index contributed by atoms with van der Waals surface area (Å²) >= 11 is 5.26. The van der Waals surface area contributed by atoms with Crippen molar-refractivity contribution in [2.75, 3.05) is 5.32 Å². The van der Waals surface area contributed by atoms with E-state index in [0.29, 0.717) is 0 Å². The van der Waals surface area contributed by atoms with E-state index in [9.17, 15) is 0 Å². The number of halogens is 1. The molecular weight excluding hydrogens is 482 g/mol. The quantitative estimate of drug-likeness (QED) is 0.254. The molecule has 0 atom stereocenters. The van der Waals surface area contributed by atoms with Gasteiger partial charge in [-0.3, -0.25) is 0 Å². The van der Waals surface area contributed by atoms with Crippen LogP contribution in [0.1, 0.15) is 11.8 Å². The molecule has 32 heavy (non-hydrogen) atoms. The normalized spacial score (nSPS) is 10.9. The van der Waals surface area contributed by atoms with Crippen molar-refractivity contribution in [3.05, 3.63) is 94.5 Å². The number of nitrogens with one attached hydrogen (secondary N) is 1. The van der Waals surface area contributed by atoms with Crippen LogP contribution in [0, 0.1) is 0 Å². The number of hydrogen-bond acceptors (Lipinski definition) is 5. The third kappa shape index (κ3) is 4.24. The van der Waals surface area contributed by atoms with Gasteiger partial charge in [0.1, 0.15) is 28.5 Å². The number of benzene rings is 3. The molecule has 0 radical (unpaired) electrons. The SMILES string of the molecule is CCc1sc2ncnc(Nc3ccc(Oc4ccccc4)cc3)c2c1-c1ccc(Br)cc1. The van der Waals surface area contributed by atoms with Gasteiger partial charge in [0.25, 0.3) is 0 Å². The lowest BCUT2D eigenvalue weighted by Crippen LogP contribution is -1.96. The molecule has 0 aliphatic carbocycles. The molecule has 0 aliphatic rings. The van der Waals surface area contributed by atoms with Gasteiger partial charge < -0.3 is 10.1 Å². The highest BCUT2D eigenvalue weighted by atomic mass is 79.9. The minimum Gasteiger partial charge on any atom is -0.457 e. The third-order valence-electron chi connectivity index (χ3n) is 5.11. The van der Waals surface area contributed by atoms with Crippen LogP contribution in [0.25, 0.3) is 21.3 Å². The maximum atomic E-state index is 5.90. The van der Waals surface area contributed by atoms with Crippen molar-refractivity contribution in [3.63, 3.8) is 0 Å². The smallest absolute Gasteiger partial charge is 0.143 e. The lowest BCUT2D eigenvalue weighted by atomic mass is 10.0. The Balaban J connectivity index is 1.49. The zero-order valence-corrected chi connectivity index (χ0v) is 19.8. The molecule has 0 fully saturated rings. The van der Waals surface area contributed by atoms with Crippen LogP contribution >= 0.6 is 27.3 Å². The number of nitrogens with zero attached hydrogens (tertiary/aromatic N) is 2. The molecule has 2 heterocycles. The van der Waals surface area contributed by atoms with Crippen LogP contribution in [0.5, 0.6) is 11.5 Å². The first-order valence-corrected chi connectivity index (χ1v) is 11.9. The van der Waals surface area contributed by atoms with Crippen LogP contribution in [-0.2, 0) is 6.42 Å². The summed E-state index contributed by atoms with van der Waals surface area (Å²) in [5.74, 6) is 2.41. The summed E-state index contributed by atoms with van der Waals surface area (Å²) in [6, 6.07) is 26.1. The molecule has 5 aromatic rings. The number of para-hydroxylation sites is 1. The lowest BCUT2D eigenvalue weighted by Gasteiger charge is -2.11. The molecule has 0 saturated carbocycles. The van der Waals surface area contributed by atoms with Crippen LogP contribution in [0.3, 0.4) is 0 Å². The van der Waals surface area contributed by atoms with Gasteiger partial charge in [-0.2, -0.15) is 0 Å². The summed E-state index contributed by atoms with van der Waals surface area (Å²) in [7, 11) is 0. The Morgan fingerprint density at radius 2 is 1.59 bits per heavy atom. The maximum Gasteiger partial charge on any atom is 0.143 e. The minimum absolute atomic E-state index is 0.786. The molecular formula is C26H20BrN3OS. The van der Waals surface area contributed by atoms with Gasteiger partial charge in [0.05, 0.1) is 5.39 Å². The molecule has 0 aliphatic heterocycles. The maximum absolute atomic E-state index is 5.90. The second-order valence-electron chi connectivity index (χ2n) is 7.23. The van der Waals surface area contributed by atoms with Gasteiger partial charge >= 0.3 is 0 Å². The Morgan fingerprint density at radius 1 is 0.875 bits per heavy atom. The van der Waals surface area contributed by atoms with Gasteiger partial charge in [0.15, 0.2) is 0 Å². The van der Waals surface area contributed by atoms with Crippen molar-refractivity contribution in [2.45, 2.75) is 13.3 Å². The Morgan fingerprint density at radius 3 is 2.31 bits per heavy atom. The number of fused-ring (bicyclic) bond motifs is 1. The summed E-state index contributed by atoms with van der Waals surface area (Å²) in [5, 5.41) is 4.54. The third-order valence-corrected chi connectivity index (χ3v) is 6.88. The summed E-state index contributed by atoms with van der Waals surface area (Å²) < 4.78 is 6.96. The fraction of sp³-hybridized carbons (Fsp3) is 0.0769. The summed E-state index contributed by atoms with van der Waals surface area (Å²) in [6.07, 6.45) is 2.57. The van der Waals surface area contributed by atoms with Gasteiger partial charge in [-0.05, 0) is 60.5 Å². The molecule has 5 rings (SSSR count). The molecule has 4 nitrogen and oxygen atoms in total. The summed E-state index contributed by atoms with van der Waals surface area (Å²) in [5.41, 5.74) is 3.31. The van der Waals surface area contributed by atoms with E-state index in [4.69, 9.17) is 4.74 Å². The summed E-state index contributed by atoms with van der Waals surface area (Å²) in [6.45, 7) is 2.18. The van der Waals surface area contributed by atoms with E-state index in [1.54, 1.807) is 17.7 Å². The first-order valence-electron chi connectivity index (χ1n) is 10.3. The van der Waals surface area contributed by atoms with Crippen LogP contribution in [0.2, 0.25) is 0 Å². The van der Waals surface area contributed by atoms with E-state index in [-0.39, 0.29) is 0 Å². The number of hydrogen-bond donors (Lipinski definition) is 1. The van der Waals surface area contributed by atoms with Gasteiger partial charge in [-0.1, -0.05) is 53.2 Å². The van der Waals surface area contributed by atoms with Crippen molar-refractivity contribution >= 4 is 49.0 Å². The molecule has 0 bridgehead atoms. The van der Waals surface area contributed by atoms with Crippen molar-refractivity contribution in [1.82, 2.24) is 9.97 Å². The zero-order valence-electron chi connectivity index (χ0n) is 17.4. The fourth-order valence-electron chi connectivity index (χ4n) is 3.61. The Labute approximate surface area is 199 Å². The number of thiophene rings is 1. The van der Waals surface area contributed by atoms with Crippen LogP contribution in [0.15, 0.2) is 89.7 Å². The molecule has 0 amide bonds. The monoisotopic (exact) mass is 501 g/mol. The lowest BCUT2D eigenvalue weighted by molar-refractivity contribution is 0.483. The molecule has 0 saturated heterocycles. The average molecular weight is 502 g/mol. The van der Waals surface area contributed by atoms with Crippen LogP contribution < -0.4 is 10.1 Å². The van der Waals surface area contributed by atoms with E-state index < -0.39 is 0 Å². The minimum atomic E-state index is 0.786. The number of rotatable bonds is 6. The van der Waals surface area contributed by atoms with Gasteiger partial charge in [-0.15, -0.1) is 11.3 Å². The van der Waals surface area contributed by atoms with Gasteiger partial charge in [-0.25, -0.2) is 9.97 Å². The number of aryl methyl sites for hydroxylation is 1. The van der Waals surface area contributed by atoms with Crippen LogP contribution in [-0.4, -0.2) is 9.97 Å². The van der Waals surface area contributed by atoms with E-state index in [1.807, 2.05) is 54.6 Å². The van der Waals surface area contributed by atoms with E-state index in [2.05, 4.69) is 62.4 Å². The number of ether oxygens (including phenoxy) is 1. The van der Waals surface area contributed by atoms with E-state index in [0.717, 1.165) is 44.1 Å². The van der Waals surface area contributed by atoms with Gasteiger partial charge in [0, 0.05) is 20.6 Å². The first-order chi connectivity index (χ1) is 15.7. The molecule has 2 aromatic heterocycles. The predicted molar refractivity (Wildman–Crippen MR) is 136 cm³/mol. The molecule has 158 valence electrons. The van der Waals surface area contributed by atoms with Crippen LogP contribution in [0.4, 0.5) is 11.5 Å². The Bertz CT molecular complexity index is 1350. The Kier molecular flexibility index (Phi) is 5.88. The van der Waals surface area contributed by atoms with Gasteiger partial charge in [0.2, 0.25) is 0 Å². The van der Waals surface area contributed by atoms with Crippen molar-refractivity contribution in [1.29, 1.82) is 0 Å². The molecule has 1 N–H and O–H groups in total.